The Labute approximate surface area is 830 Å². The number of hydrogen-bond donors (Lipinski definition) is 0. The second-order valence-electron chi connectivity index (χ2n) is 43.7. The summed E-state index contributed by atoms with van der Waals surface area (Å²) in [6.07, 6.45) is 0. The zero-order valence-corrected chi connectivity index (χ0v) is 84.2. The van der Waals surface area contributed by atoms with E-state index in [1.54, 1.807) is 0 Å². The first-order valence-electron chi connectivity index (χ1n) is 49.7. The molecule has 6 heterocycles. The summed E-state index contributed by atoms with van der Waals surface area (Å²) < 4.78 is 18.6. The monoisotopic (exact) mass is 1840 g/mol. The zero-order chi connectivity index (χ0) is 96.9. The van der Waals surface area contributed by atoms with Crippen LogP contribution in [0, 0.1) is 6.92 Å². The van der Waals surface area contributed by atoms with Gasteiger partial charge in [-0.2, -0.15) is 0 Å². The maximum absolute atomic E-state index is 6.09. The summed E-state index contributed by atoms with van der Waals surface area (Å²) >= 11 is 1.89. The Kier molecular flexibility index (Phi) is 21.8. The van der Waals surface area contributed by atoms with Crippen LogP contribution < -0.4 is 0 Å². The fourth-order valence-electron chi connectivity index (χ4n) is 21.5. The molecule has 0 radical (unpaired) electrons. The van der Waals surface area contributed by atoms with E-state index in [-0.39, 0.29) is 27.1 Å². The quantitative estimate of drug-likeness (QED) is 0.134. The van der Waals surface area contributed by atoms with Gasteiger partial charge >= 0.3 is 0 Å². The van der Waals surface area contributed by atoms with Gasteiger partial charge in [0.1, 0.15) is 11.2 Å². The molecule has 0 spiro atoms. The van der Waals surface area contributed by atoms with Crippen LogP contribution in [0.15, 0.2) is 417 Å². The van der Waals surface area contributed by atoms with Crippen LogP contribution in [0.5, 0.6) is 0 Å². The molecule has 25 rings (SSSR count). The predicted octanol–water partition coefficient (Wildman–Crippen LogP) is 38.5. The molecule has 0 saturated heterocycles. The molecule has 19 aromatic carbocycles. The van der Waals surface area contributed by atoms with Crippen LogP contribution in [0.1, 0.15) is 137 Å². The number of aromatic nitrogens is 4. The van der Waals surface area contributed by atoms with Crippen molar-refractivity contribution in [3.05, 3.63) is 446 Å². The maximum Gasteiger partial charge on any atom is 0.135 e. The lowest BCUT2D eigenvalue weighted by Crippen LogP contribution is -2.11. The normalized spacial score (nSPS) is 12.4. The number of thiophene rings is 1. The molecule has 0 atom stereocenters. The van der Waals surface area contributed by atoms with E-state index in [0.29, 0.717) is 0 Å². The molecule has 0 aliphatic heterocycles. The molecular weight excluding hydrogens is 1730 g/mol. The van der Waals surface area contributed by atoms with Gasteiger partial charge in [-0.25, -0.2) is 0 Å². The van der Waals surface area contributed by atoms with Gasteiger partial charge in [0.2, 0.25) is 0 Å². The lowest BCUT2D eigenvalue weighted by molar-refractivity contribution is 0.590. The Hall–Kier alpha value is -15.6. The molecule has 5 nitrogen and oxygen atoms in total. The van der Waals surface area contributed by atoms with Gasteiger partial charge < -0.3 is 22.7 Å². The number of para-hydroxylation sites is 6. The van der Waals surface area contributed by atoms with Gasteiger partial charge in [-0.1, -0.05) is 376 Å². The summed E-state index contributed by atoms with van der Waals surface area (Å²) in [7, 11) is 0. The predicted molar refractivity (Wildman–Crippen MR) is 608 cm³/mol. The highest BCUT2D eigenvalue weighted by atomic mass is 32.1. The smallest absolute Gasteiger partial charge is 0.135 e. The van der Waals surface area contributed by atoms with Gasteiger partial charge in [-0.05, 0) is 257 Å². The van der Waals surface area contributed by atoms with Gasteiger partial charge in [0.25, 0.3) is 0 Å². The van der Waals surface area contributed by atoms with Crippen LogP contribution in [0.2, 0.25) is 0 Å². The molecule has 6 aromatic heterocycles. The van der Waals surface area contributed by atoms with E-state index in [2.05, 4.69) is 529 Å². The van der Waals surface area contributed by atoms with Crippen molar-refractivity contribution in [2.45, 2.75) is 138 Å². The van der Waals surface area contributed by atoms with Crippen molar-refractivity contribution < 1.29 is 4.42 Å². The third-order valence-corrected chi connectivity index (χ3v) is 30.4. The molecule has 688 valence electrons. The summed E-state index contributed by atoms with van der Waals surface area (Å²) in [6, 6.07) is 152. The van der Waals surface area contributed by atoms with Crippen LogP contribution in [0.4, 0.5) is 0 Å². The lowest BCUT2D eigenvalue weighted by Gasteiger charge is -2.21. The van der Waals surface area contributed by atoms with Gasteiger partial charge in [0, 0.05) is 96.4 Å². The Morgan fingerprint density at radius 3 is 1.04 bits per heavy atom. The zero-order valence-electron chi connectivity index (χ0n) is 83.4. The lowest BCUT2D eigenvalue weighted by atomic mass is 9.85. The van der Waals surface area contributed by atoms with Gasteiger partial charge in [0.05, 0.1) is 61.2 Å². The highest BCUT2D eigenvalue weighted by molar-refractivity contribution is 7.26. The molecule has 141 heavy (non-hydrogen) atoms. The first-order chi connectivity index (χ1) is 68.0. The Bertz CT molecular complexity index is 9130. The van der Waals surface area contributed by atoms with Crippen LogP contribution >= 0.6 is 11.3 Å². The maximum atomic E-state index is 6.09. The summed E-state index contributed by atoms with van der Waals surface area (Å²) in [5.74, 6) is 0. The van der Waals surface area contributed by atoms with E-state index >= 15 is 0 Å². The molecule has 6 heteroatoms. The second kappa shape index (κ2) is 34.5. The highest BCUT2D eigenvalue weighted by Crippen LogP contribution is 2.49. The van der Waals surface area contributed by atoms with Crippen LogP contribution in [-0.4, -0.2) is 18.3 Å². The fraction of sp³-hybridized carbons (Fsp3) is 0.156. The first kappa shape index (κ1) is 89.3. The number of nitrogens with zero attached hydrogens (tertiary/aromatic N) is 4. The summed E-state index contributed by atoms with van der Waals surface area (Å²) in [4.78, 5) is 0. The first-order valence-corrected chi connectivity index (χ1v) is 50.6. The van der Waals surface area contributed by atoms with Crippen LogP contribution in [0.25, 0.3) is 219 Å². The van der Waals surface area contributed by atoms with Crippen LogP contribution in [-0.2, 0) is 27.1 Å². The van der Waals surface area contributed by atoms with E-state index in [1.807, 2.05) is 23.5 Å². The topological polar surface area (TPSA) is 32.9 Å². The minimum atomic E-state index is 0.0491. The molecular formula is C135H116N4OS. The number of benzene rings is 19. The number of rotatable bonds is 10. The van der Waals surface area contributed by atoms with Crippen molar-refractivity contribution in [1.29, 1.82) is 0 Å². The van der Waals surface area contributed by atoms with E-state index in [9.17, 15) is 0 Å². The number of furan rings is 1. The van der Waals surface area contributed by atoms with Gasteiger partial charge in [-0.3, -0.25) is 0 Å². The highest BCUT2D eigenvalue weighted by Gasteiger charge is 2.29. The fourth-order valence-corrected chi connectivity index (χ4v) is 22.7. The van der Waals surface area contributed by atoms with Crippen LogP contribution in [0.3, 0.4) is 0 Å². The third kappa shape index (κ3) is 16.1. The van der Waals surface area contributed by atoms with Crippen molar-refractivity contribution in [3.8, 4) is 89.5 Å². The average Bonchev–Trinajstić information content (AvgIpc) is 1.58. The Morgan fingerprint density at radius 1 is 0.191 bits per heavy atom. The van der Waals surface area contributed by atoms with Crippen molar-refractivity contribution in [1.82, 2.24) is 18.3 Å². The molecule has 0 unspecified atom stereocenters. The van der Waals surface area contributed by atoms with Crippen molar-refractivity contribution >= 4 is 141 Å². The number of aryl methyl sites for hydroxylation is 1. The average molecular weight is 1840 g/mol. The van der Waals surface area contributed by atoms with Crippen molar-refractivity contribution in [2.75, 3.05) is 0 Å². The van der Waals surface area contributed by atoms with E-state index < -0.39 is 0 Å². The molecule has 25 aromatic rings. The third-order valence-electron chi connectivity index (χ3n) is 29.2. The molecule has 0 saturated carbocycles. The van der Waals surface area contributed by atoms with E-state index in [4.69, 9.17) is 4.42 Å². The molecule has 0 bridgehead atoms. The molecule has 0 N–H and O–H groups in total. The van der Waals surface area contributed by atoms with Crippen molar-refractivity contribution in [3.63, 3.8) is 0 Å². The largest absolute Gasteiger partial charge is 0.456 e. The number of fused-ring (bicyclic) bond motifs is 18. The summed E-state index contributed by atoms with van der Waals surface area (Å²) in [5.41, 5.74) is 39.3. The molecule has 0 amide bonds. The van der Waals surface area contributed by atoms with E-state index in [1.165, 1.54) is 230 Å². The minimum absolute atomic E-state index is 0.0491. The van der Waals surface area contributed by atoms with Crippen molar-refractivity contribution in [2.24, 2.45) is 0 Å². The Balaban J connectivity index is 0.000000118. The SMILES string of the molecule is CC(C)(C)c1ccc2c(c1)c1cc(C(C)(C)C)ccc1n2-c1ccccc1-c1cccc(-c2ccc3c4ccccc4n(-c4ccccc4)c3c2)c1.CC(C)(C)c1ccc2c3ccc(C(C)(C)C)cc3n(-c3ccccc3-c3cccc(-c4cccc5c4sc4ccccc45)c3)c2c1.Cc1ccc2c(c1)c1cc(C(C)(C)C)ccc1n2-c1ccccc1-c1cccc(-c2ccc3oc4ccccc4c3c2)c1. The number of hydrogen-bond acceptors (Lipinski definition) is 2. The summed E-state index contributed by atoms with van der Waals surface area (Å²) in [5, 5.41) is 15.3. The standard InChI is InChI=1S/C50H44N2.C44H39NS.C41H33NO/c1-49(2,3)36-24-27-46-42(31-36)43-32-37(50(4,5)6)25-28-47(43)52(46)44-21-12-10-19-39(44)35-16-14-15-33(29-35)34-23-26-41-40-20-11-13-22-45(40)51(48(41)30-34)38-17-8-7-9-18-38;1-43(2,3)30-21-23-34-35-24-22-31(44(4,5)6)27-40(35)45(39(34)26-30)38-19-9-7-15-32(38)28-13-11-14-29(25-28)33-17-12-18-37-36-16-8-10-20-41(36)46-42(33)37;1-26-16-19-37-33(22-26)34-25-30(41(2,3)4)18-20-38(34)42(37)36-14-7-5-12-31(36)29-11-9-10-27(23-29)28-17-21-40-35(24-28)32-13-6-8-15-39(32)43-40/h7-32H,1-6H3;7-27H,1-6H3;5-25H,1-4H3. The molecule has 0 aliphatic rings. The molecule has 0 fully saturated rings. The Morgan fingerprint density at radius 2 is 0.525 bits per heavy atom. The molecule has 0 aliphatic carbocycles. The van der Waals surface area contributed by atoms with Gasteiger partial charge in [0.15, 0.2) is 0 Å². The van der Waals surface area contributed by atoms with E-state index in [0.717, 1.165) is 21.9 Å². The summed E-state index contributed by atoms with van der Waals surface area (Å²) in [6.45, 7) is 36.6. The van der Waals surface area contributed by atoms with Gasteiger partial charge in [-0.15, -0.1) is 11.3 Å². The second-order valence-corrected chi connectivity index (χ2v) is 44.8. The minimum Gasteiger partial charge on any atom is -0.456 e.